The third-order valence-corrected chi connectivity index (χ3v) is 3.82. The average Bonchev–Trinajstić information content (AvgIpc) is 2.70. The molecule has 0 N–H and O–H groups in total. The summed E-state index contributed by atoms with van der Waals surface area (Å²) in [7, 11) is 2.28. The standard InChI is InChI=1S/C17H17N3O7/c1-4-14(21)13-9-12(16(22)26-2)15(17(23)27-3)19(18-13)10-5-7-11(8-6-10)20(24)25/h5-9,15H,4H2,1-3H3. The van der Waals surface area contributed by atoms with Crippen molar-refractivity contribution in [2.24, 2.45) is 5.10 Å². The average molecular weight is 375 g/mol. The monoisotopic (exact) mass is 375 g/mol. The van der Waals surface area contributed by atoms with Crippen LogP contribution in [0.1, 0.15) is 13.3 Å². The first-order valence-electron chi connectivity index (χ1n) is 7.87. The first-order chi connectivity index (χ1) is 12.8. The summed E-state index contributed by atoms with van der Waals surface area (Å²) in [6.07, 6.45) is 1.32. The fourth-order valence-corrected chi connectivity index (χ4v) is 2.44. The van der Waals surface area contributed by atoms with Gasteiger partial charge in [-0.05, 0) is 18.2 Å². The van der Waals surface area contributed by atoms with E-state index in [0.717, 1.165) is 19.2 Å². The first kappa shape index (κ1) is 19.8. The van der Waals surface area contributed by atoms with Gasteiger partial charge < -0.3 is 9.47 Å². The minimum absolute atomic E-state index is 0.0450. The highest BCUT2D eigenvalue weighted by atomic mass is 16.6. The predicted molar refractivity (Wildman–Crippen MR) is 94.2 cm³/mol. The zero-order valence-corrected chi connectivity index (χ0v) is 14.9. The van der Waals surface area contributed by atoms with E-state index in [1.165, 1.54) is 30.3 Å². The molecule has 0 aromatic heterocycles. The number of ether oxygens (including phenoxy) is 2. The minimum Gasteiger partial charge on any atom is -0.467 e. The van der Waals surface area contributed by atoms with E-state index in [2.05, 4.69) is 5.10 Å². The number of hydrogen-bond donors (Lipinski definition) is 0. The molecule has 0 fully saturated rings. The summed E-state index contributed by atoms with van der Waals surface area (Å²) in [5.74, 6) is -1.99. The van der Waals surface area contributed by atoms with Crippen molar-refractivity contribution in [2.75, 3.05) is 19.2 Å². The molecule has 1 aliphatic rings. The zero-order chi connectivity index (χ0) is 20.1. The minimum atomic E-state index is -1.31. The summed E-state index contributed by atoms with van der Waals surface area (Å²) < 4.78 is 9.47. The molecule has 0 spiro atoms. The number of nitro benzene ring substituents is 1. The van der Waals surface area contributed by atoms with Crippen LogP contribution < -0.4 is 5.01 Å². The number of hydrogen-bond acceptors (Lipinski definition) is 9. The van der Waals surface area contributed by atoms with Gasteiger partial charge in [-0.1, -0.05) is 6.92 Å². The molecule has 142 valence electrons. The van der Waals surface area contributed by atoms with Crippen molar-refractivity contribution < 1.29 is 28.8 Å². The number of nitro groups is 1. The van der Waals surface area contributed by atoms with E-state index in [9.17, 15) is 24.5 Å². The molecule has 1 unspecified atom stereocenters. The van der Waals surface area contributed by atoms with Gasteiger partial charge in [-0.15, -0.1) is 0 Å². The Bertz CT molecular complexity index is 843. The summed E-state index contributed by atoms with van der Waals surface area (Å²) in [6.45, 7) is 1.62. The smallest absolute Gasteiger partial charge is 0.336 e. The molecular formula is C17H17N3O7. The quantitative estimate of drug-likeness (QED) is 0.414. The van der Waals surface area contributed by atoms with Crippen LogP contribution in [0.5, 0.6) is 0 Å². The molecule has 0 saturated heterocycles. The predicted octanol–water partition coefficient (Wildman–Crippen LogP) is 1.39. The Morgan fingerprint density at radius 2 is 1.81 bits per heavy atom. The van der Waals surface area contributed by atoms with E-state index in [0.29, 0.717) is 0 Å². The number of ketones is 1. The summed E-state index contributed by atoms with van der Waals surface area (Å²) in [4.78, 5) is 46.9. The zero-order valence-electron chi connectivity index (χ0n) is 14.9. The number of hydrazone groups is 1. The van der Waals surface area contributed by atoms with Crippen LogP contribution in [0.3, 0.4) is 0 Å². The number of benzene rings is 1. The number of nitrogens with zero attached hydrogens (tertiary/aromatic N) is 3. The highest BCUT2D eigenvalue weighted by Gasteiger charge is 2.39. The third kappa shape index (κ3) is 4.00. The third-order valence-electron chi connectivity index (χ3n) is 3.82. The van der Waals surface area contributed by atoms with Gasteiger partial charge in [-0.3, -0.25) is 14.9 Å². The summed E-state index contributed by atoms with van der Waals surface area (Å²) in [5.41, 5.74) is -0.0826. The lowest BCUT2D eigenvalue weighted by Crippen LogP contribution is -2.46. The summed E-state index contributed by atoms with van der Waals surface area (Å²) in [5, 5.41) is 16.1. The van der Waals surface area contributed by atoms with Gasteiger partial charge in [-0.2, -0.15) is 5.10 Å². The number of non-ortho nitro benzene ring substituents is 1. The molecule has 27 heavy (non-hydrogen) atoms. The molecule has 1 aliphatic heterocycles. The molecule has 10 heteroatoms. The summed E-state index contributed by atoms with van der Waals surface area (Å²) in [6, 6.07) is 3.84. The molecule has 0 aliphatic carbocycles. The Morgan fingerprint density at radius 1 is 1.19 bits per heavy atom. The van der Waals surface area contributed by atoms with Crippen molar-refractivity contribution >= 4 is 34.8 Å². The van der Waals surface area contributed by atoms with E-state index in [-0.39, 0.29) is 34.9 Å². The number of rotatable bonds is 6. The Kier molecular flexibility index (Phi) is 6.01. The van der Waals surface area contributed by atoms with Crippen molar-refractivity contribution in [1.29, 1.82) is 0 Å². The highest BCUT2D eigenvalue weighted by Crippen LogP contribution is 2.28. The van der Waals surface area contributed by atoms with Crippen LogP contribution in [-0.2, 0) is 23.9 Å². The number of carbonyl (C=O) groups is 3. The Balaban J connectivity index is 2.61. The molecule has 0 amide bonds. The van der Waals surface area contributed by atoms with Gasteiger partial charge in [0.05, 0.1) is 30.4 Å². The van der Waals surface area contributed by atoms with Gasteiger partial charge in [-0.25, -0.2) is 14.6 Å². The van der Waals surface area contributed by atoms with Crippen LogP contribution >= 0.6 is 0 Å². The molecule has 1 heterocycles. The molecule has 2 rings (SSSR count). The van der Waals surface area contributed by atoms with Crippen molar-refractivity contribution in [3.05, 3.63) is 46.0 Å². The molecule has 1 aromatic rings. The van der Waals surface area contributed by atoms with E-state index >= 15 is 0 Å². The lowest BCUT2D eigenvalue weighted by Gasteiger charge is -2.31. The van der Waals surface area contributed by atoms with Crippen LogP contribution in [0, 0.1) is 10.1 Å². The molecule has 0 bridgehead atoms. The molecule has 1 aromatic carbocycles. The number of allylic oxidation sites excluding steroid dienone is 1. The maximum absolute atomic E-state index is 12.3. The number of methoxy groups -OCH3 is 2. The van der Waals surface area contributed by atoms with Gasteiger partial charge in [0.25, 0.3) is 5.69 Å². The fraction of sp³-hybridized carbons (Fsp3) is 0.294. The van der Waals surface area contributed by atoms with Crippen LogP contribution in [-0.4, -0.2) is 48.6 Å². The topological polar surface area (TPSA) is 128 Å². The summed E-state index contributed by atoms with van der Waals surface area (Å²) >= 11 is 0. The molecule has 0 radical (unpaired) electrons. The molecule has 0 saturated carbocycles. The van der Waals surface area contributed by atoms with E-state index < -0.39 is 22.9 Å². The lowest BCUT2D eigenvalue weighted by molar-refractivity contribution is -0.384. The molecule has 1 atom stereocenters. The lowest BCUT2D eigenvalue weighted by atomic mass is 10.00. The highest BCUT2D eigenvalue weighted by molar-refractivity contribution is 6.45. The Hall–Kier alpha value is -3.56. The van der Waals surface area contributed by atoms with Gasteiger partial charge in [0.2, 0.25) is 0 Å². The normalized spacial score (nSPS) is 16.1. The largest absolute Gasteiger partial charge is 0.467 e. The number of Topliss-reactive ketones (excluding diaryl/α,β-unsaturated/α-hetero) is 1. The van der Waals surface area contributed by atoms with Crippen molar-refractivity contribution in [3.8, 4) is 0 Å². The SMILES string of the molecule is CCC(=O)C1=NN(c2ccc([N+](=O)[O-])cc2)C(C(=O)OC)C(C(=O)OC)=C1. The number of anilines is 1. The number of esters is 2. The van der Waals surface area contributed by atoms with Gasteiger partial charge in [0.1, 0.15) is 5.71 Å². The first-order valence-corrected chi connectivity index (χ1v) is 7.87. The van der Waals surface area contributed by atoms with E-state index in [1.807, 2.05) is 0 Å². The second kappa shape index (κ2) is 8.21. The van der Waals surface area contributed by atoms with Gasteiger partial charge in [0.15, 0.2) is 11.8 Å². The fourth-order valence-electron chi connectivity index (χ4n) is 2.44. The van der Waals surface area contributed by atoms with E-state index in [1.54, 1.807) is 6.92 Å². The van der Waals surface area contributed by atoms with Crippen LogP contribution in [0.25, 0.3) is 0 Å². The second-order valence-electron chi connectivity index (χ2n) is 5.40. The van der Waals surface area contributed by atoms with Crippen LogP contribution in [0.2, 0.25) is 0 Å². The maximum Gasteiger partial charge on any atom is 0.336 e. The van der Waals surface area contributed by atoms with Gasteiger partial charge in [0, 0.05) is 18.6 Å². The second-order valence-corrected chi connectivity index (χ2v) is 5.40. The van der Waals surface area contributed by atoms with Crippen LogP contribution in [0.15, 0.2) is 41.0 Å². The molecule has 10 nitrogen and oxygen atoms in total. The van der Waals surface area contributed by atoms with E-state index in [4.69, 9.17) is 9.47 Å². The number of carbonyl (C=O) groups excluding carboxylic acids is 3. The van der Waals surface area contributed by atoms with Crippen molar-refractivity contribution in [3.63, 3.8) is 0 Å². The van der Waals surface area contributed by atoms with Crippen LogP contribution in [0.4, 0.5) is 11.4 Å². The molecular weight excluding hydrogens is 358 g/mol. The van der Waals surface area contributed by atoms with Crippen molar-refractivity contribution in [2.45, 2.75) is 19.4 Å². The Morgan fingerprint density at radius 3 is 2.30 bits per heavy atom. The van der Waals surface area contributed by atoms with Gasteiger partial charge >= 0.3 is 11.9 Å². The Labute approximate surface area is 154 Å². The maximum atomic E-state index is 12.3. The van der Waals surface area contributed by atoms with Crippen molar-refractivity contribution in [1.82, 2.24) is 0 Å².